The summed E-state index contributed by atoms with van der Waals surface area (Å²) < 4.78 is 10.9. The first-order valence-electron chi connectivity index (χ1n) is 7.05. The molecule has 0 saturated carbocycles. The number of carbonyl (C=O) groups is 1. The molecule has 1 N–H and O–H groups in total. The summed E-state index contributed by atoms with van der Waals surface area (Å²) in [5.74, 6) is 1.11. The van der Waals surface area contributed by atoms with Crippen LogP contribution in [0.15, 0.2) is 46.9 Å². The molecule has 120 valence electrons. The van der Waals surface area contributed by atoms with Gasteiger partial charge in [-0.25, -0.2) is 4.98 Å². The lowest BCUT2D eigenvalue weighted by Gasteiger charge is -2.02. The number of methoxy groups -OCH3 is 1. The lowest BCUT2D eigenvalue weighted by atomic mass is 10.2. The zero-order valence-corrected chi connectivity index (χ0v) is 13.6. The Kier molecular flexibility index (Phi) is 4.68. The van der Waals surface area contributed by atoms with Gasteiger partial charge in [0.1, 0.15) is 16.7 Å². The molecule has 7 heteroatoms. The molecule has 1 aromatic heterocycles. The van der Waals surface area contributed by atoms with Crippen molar-refractivity contribution in [3.63, 3.8) is 0 Å². The van der Waals surface area contributed by atoms with Crippen molar-refractivity contribution in [2.75, 3.05) is 18.2 Å². The number of thiocyanates is 1. The average Bonchev–Trinajstić information content (AvgIpc) is 3.03. The minimum atomic E-state index is -0.236. The number of benzene rings is 2. The lowest BCUT2D eigenvalue weighted by molar-refractivity contribution is -0.113. The molecule has 3 aromatic rings. The summed E-state index contributed by atoms with van der Waals surface area (Å²) in [5.41, 5.74) is 2.72. The third-order valence-electron chi connectivity index (χ3n) is 3.28. The third-order valence-corrected chi connectivity index (χ3v) is 3.81. The molecule has 0 atom stereocenters. The first-order valence-corrected chi connectivity index (χ1v) is 8.04. The molecule has 3 rings (SSSR count). The van der Waals surface area contributed by atoms with Crippen LogP contribution in [0.5, 0.6) is 5.75 Å². The maximum Gasteiger partial charge on any atom is 0.235 e. The van der Waals surface area contributed by atoms with Crippen molar-refractivity contribution in [3.8, 4) is 22.6 Å². The van der Waals surface area contributed by atoms with Gasteiger partial charge in [-0.3, -0.25) is 4.79 Å². The van der Waals surface area contributed by atoms with Gasteiger partial charge in [-0.15, -0.1) is 0 Å². The van der Waals surface area contributed by atoms with Crippen molar-refractivity contribution in [3.05, 3.63) is 42.5 Å². The van der Waals surface area contributed by atoms with E-state index in [1.54, 1.807) is 25.3 Å². The fourth-order valence-electron chi connectivity index (χ4n) is 2.16. The number of nitrogens with one attached hydrogen (secondary N) is 1. The standard InChI is InChI=1S/C17H13N3O3S/c1-22-13-5-2-11(3-6-13)17-20-14-8-12(4-7-15(14)23-17)19-16(21)9-24-10-18/h2-8H,9H2,1H3,(H,19,21). The Balaban J connectivity index is 1.83. The van der Waals surface area contributed by atoms with Crippen LogP contribution < -0.4 is 10.1 Å². The van der Waals surface area contributed by atoms with E-state index in [0.717, 1.165) is 23.1 Å². The van der Waals surface area contributed by atoms with Gasteiger partial charge < -0.3 is 14.5 Å². The van der Waals surface area contributed by atoms with Crippen molar-refractivity contribution in [2.45, 2.75) is 0 Å². The van der Waals surface area contributed by atoms with Gasteiger partial charge in [-0.2, -0.15) is 5.26 Å². The molecule has 6 nitrogen and oxygen atoms in total. The highest BCUT2D eigenvalue weighted by Crippen LogP contribution is 2.27. The van der Waals surface area contributed by atoms with Crippen LogP contribution in [-0.4, -0.2) is 23.8 Å². The Morgan fingerprint density at radius 1 is 1.33 bits per heavy atom. The molecule has 1 amide bonds. The van der Waals surface area contributed by atoms with E-state index < -0.39 is 0 Å². The molecule has 0 aliphatic heterocycles. The van der Waals surface area contributed by atoms with E-state index in [0.29, 0.717) is 22.7 Å². The molecule has 0 aliphatic rings. The smallest absolute Gasteiger partial charge is 0.235 e. The molecule has 0 saturated heterocycles. The fourth-order valence-corrected chi connectivity index (χ4v) is 2.42. The van der Waals surface area contributed by atoms with Crippen LogP contribution in [0.4, 0.5) is 5.69 Å². The van der Waals surface area contributed by atoms with Crippen molar-refractivity contribution in [1.29, 1.82) is 5.26 Å². The van der Waals surface area contributed by atoms with Crippen molar-refractivity contribution < 1.29 is 13.9 Å². The highest BCUT2D eigenvalue weighted by atomic mass is 32.2. The van der Waals surface area contributed by atoms with E-state index in [2.05, 4.69) is 10.3 Å². The third kappa shape index (κ3) is 3.50. The number of hydrogen-bond acceptors (Lipinski definition) is 6. The zero-order chi connectivity index (χ0) is 16.9. The van der Waals surface area contributed by atoms with E-state index in [1.165, 1.54) is 0 Å². The predicted molar refractivity (Wildman–Crippen MR) is 92.7 cm³/mol. The van der Waals surface area contributed by atoms with Crippen molar-refractivity contribution in [1.82, 2.24) is 4.98 Å². The summed E-state index contributed by atoms with van der Waals surface area (Å²) in [5, 5.41) is 13.1. The highest BCUT2D eigenvalue weighted by Gasteiger charge is 2.10. The van der Waals surface area contributed by atoms with Gasteiger partial charge in [-0.1, -0.05) is 0 Å². The van der Waals surface area contributed by atoms with Gasteiger partial charge in [0, 0.05) is 11.3 Å². The number of oxazole rings is 1. The van der Waals surface area contributed by atoms with Crippen LogP contribution in [0.1, 0.15) is 0 Å². The van der Waals surface area contributed by atoms with Crippen molar-refractivity contribution in [2.24, 2.45) is 0 Å². The number of ether oxygens (including phenoxy) is 1. The Morgan fingerprint density at radius 2 is 2.12 bits per heavy atom. The zero-order valence-electron chi connectivity index (χ0n) is 12.8. The maximum atomic E-state index is 11.7. The summed E-state index contributed by atoms with van der Waals surface area (Å²) in [7, 11) is 1.61. The molecule has 2 aromatic carbocycles. The molecule has 0 radical (unpaired) electrons. The number of fused-ring (bicyclic) bond motifs is 1. The summed E-state index contributed by atoms with van der Waals surface area (Å²) in [4.78, 5) is 16.1. The summed E-state index contributed by atoms with van der Waals surface area (Å²) >= 11 is 0.893. The van der Waals surface area contributed by atoms with Crippen LogP contribution >= 0.6 is 11.8 Å². The molecule has 0 fully saturated rings. The van der Waals surface area contributed by atoms with Gasteiger partial charge in [-0.05, 0) is 54.2 Å². The Morgan fingerprint density at radius 3 is 2.83 bits per heavy atom. The van der Waals surface area contributed by atoms with Crippen LogP contribution in [-0.2, 0) is 4.79 Å². The van der Waals surface area contributed by atoms with Gasteiger partial charge in [0.2, 0.25) is 11.8 Å². The second kappa shape index (κ2) is 7.06. The van der Waals surface area contributed by atoms with Gasteiger partial charge in [0.15, 0.2) is 5.58 Å². The van der Waals surface area contributed by atoms with Crippen LogP contribution in [0.3, 0.4) is 0 Å². The monoisotopic (exact) mass is 339 g/mol. The number of hydrogen-bond donors (Lipinski definition) is 1. The van der Waals surface area contributed by atoms with Crippen molar-refractivity contribution >= 4 is 34.5 Å². The first kappa shape index (κ1) is 15.9. The molecule has 0 bridgehead atoms. The second-order valence-electron chi connectivity index (χ2n) is 4.86. The lowest BCUT2D eigenvalue weighted by Crippen LogP contribution is -2.13. The number of rotatable bonds is 5. The summed E-state index contributed by atoms with van der Waals surface area (Å²) in [6.07, 6.45) is 0. The quantitative estimate of drug-likeness (QED) is 0.714. The minimum absolute atomic E-state index is 0.0877. The summed E-state index contributed by atoms with van der Waals surface area (Å²) in [6.45, 7) is 0. The number of thioether (sulfide) groups is 1. The number of nitriles is 1. The first-order chi connectivity index (χ1) is 11.7. The van der Waals surface area contributed by atoms with Crippen LogP contribution in [0.25, 0.3) is 22.6 Å². The highest BCUT2D eigenvalue weighted by molar-refractivity contribution is 8.04. The fraction of sp³-hybridized carbons (Fsp3) is 0.118. The maximum absolute atomic E-state index is 11.7. The van der Waals surface area contributed by atoms with E-state index in [-0.39, 0.29) is 11.7 Å². The molecule has 0 aliphatic carbocycles. The Bertz CT molecular complexity index is 913. The second-order valence-corrected chi connectivity index (χ2v) is 5.62. The van der Waals surface area contributed by atoms with E-state index in [1.807, 2.05) is 29.7 Å². The topological polar surface area (TPSA) is 88.1 Å². The largest absolute Gasteiger partial charge is 0.497 e. The molecular weight excluding hydrogens is 326 g/mol. The number of amides is 1. The number of nitrogens with zero attached hydrogens (tertiary/aromatic N) is 2. The summed E-state index contributed by atoms with van der Waals surface area (Å²) in [6, 6.07) is 12.6. The number of aromatic nitrogens is 1. The molecule has 24 heavy (non-hydrogen) atoms. The number of anilines is 1. The molecular formula is C17H13N3O3S. The number of carbonyl (C=O) groups excluding carboxylic acids is 1. The average molecular weight is 339 g/mol. The molecule has 0 unspecified atom stereocenters. The Labute approximate surface area is 142 Å². The predicted octanol–water partition coefficient (Wildman–Crippen LogP) is 3.66. The SMILES string of the molecule is COc1ccc(-c2nc3cc(NC(=O)CSC#N)ccc3o2)cc1. The molecule has 0 spiro atoms. The van der Waals surface area contributed by atoms with Gasteiger partial charge in [0.05, 0.1) is 12.9 Å². The van der Waals surface area contributed by atoms with Gasteiger partial charge >= 0.3 is 0 Å². The minimum Gasteiger partial charge on any atom is -0.497 e. The van der Waals surface area contributed by atoms with E-state index in [9.17, 15) is 4.79 Å². The van der Waals surface area contributed by atoms with Crippen LogP contribution in [0, 0.1) is 10.7 Å². The van der Waals surface area contributed by atoms with E-state index in [4.69, 9.17) is 14.4 Å². The van der Waals surface area contributed by atoms with Crippen LogP contribution in [0.2, 0.25) is 0 Å². The molecule has 1 heterocycles. The normalized spacial score (nSPS) is 10.3. The van der Waals surface area contributed by atoms with E-state index >= 15 is 0 Å². The Hall–Kier alpha value is -2.98. The van der Waals surface area contributed by atoms with Gasteiger partial charge in [0.25, 0.3) is 0 Å².